The molecule has 53 heavy (non-hydrogen) atoms. The maximum Gasteiger partial charge on any atom is 0.324 e. The van der Waals surface area contributed by atoms with Crippen LogP contribution in [0.2, 0.25) is 5.02 Å². The first-order valence-electron chi connectivity index (χ1n) is 17.4. The number of carbonyl (C=O) groups is 1. The number of rotatable bonds is 6. The third-order valence-corrected chi connectivity index (χ3v) is 12.4. The molecule has 0 spiro atoms. The van der Waals surface area contributed by atoms with Crippen molar-refractivity contribution in [3.63, 3.8) is 0 Å². The van der Waals surface area contributed by atoms with Crippen LogP contribution in [0.15, 0.2) is 36.7 Å². The summed E-state index contributed by atoms with van der Waals surface area (Å²) in [5, 5.41) is 13.3. The monoisotopic (exact) mass is 760 g/mol. The Morgan fingerprint density at radius 3 is 2.70 bits per heavy atom. The molecule has 7 heterocycles. The number of alkyl halides is 1. The molecule has 3 aromatic heterocycles. The largest absolute Gasteiger partial charge is 0.461 e. The summed E-state index contributed by atoms with van der Waals surface area (Å²) >= 11 is 7.81. The predicted molar refractivity (Wildman–Crippen MR) is 195 cm³/mol. The van der Waals surface area contributed by atoms with Gasteiger partial charge in [0.05, 0.1) is 32.9 Å². The van der Waals surface area contributed by atoms with Crippen LogP contribution in [0.1, 0.15) is 37.7 Å². The van der Waals surface area contributed by atoms with Crippen molar-refractivity contribution in [1.82, 2.24) is 29.7 Å². The summed E-state index contributed by atoms with van der Waals surface area (Å²) in [5.41, 5.74) is 5.64. The second kappa shape index (κ2) is 12.9. The van der Waals surface area contributed by atoms with E-state index in [1.165, 1.54) is 12.1 Å². The number of amides is 2. The van der Waals surface area contributed by atoms with E-state index in [2.05, 4.69) is 25.2 Å². The van der Waals surface area contributed by atoms with E-state index in [0.29, 0.717) is 37.3 Å². The van der Waals surface area contributed by atoms with Gasteiger partial charge in [0.1, 0.15) is 41.0 Å². The van der Waals surface area contributed by atoms with Gasteiger partial charge in [0, 0.05) is 54.8 Å². The van der Waals surface area contributed by atoms with Crippen molar-refractivity contribution in [2.24, 2.45) is 0 Å². The molecule has 2 bridgehead atoms. The van der Waals surface area contributed by atoms with Crippen LogP contribution in [-0.4, -0.2) is 92.3 Å². The molecular weight excluding hydrogens is 729 g/mol. The Balaban J connectivity index is 1.13. The van der Waals surface area contributed by atoms with Crippen molar-refractivity contribution in [3.8, 4) is 23.2 Å². The Morgan fingerprint density at radius 2 is 1.94 bits per heavy atom. The highest BCUT2D eigenvalue weighted by molar-refractivity contribution is 7.23. The fourth-order valence-electron chi connectivity index (χ4n) is 8.80. The number of benzene rings is 2. The number of fused-ring (bicyclic) bond motifs is 5. The van der Waals surface area contributed by atoms with Gasteiger partial charge in [0.2, 0.25) is 5.95 Å². The second-order valence-electron chi connectivity index (χ2n) is 14.1. The lowest BCUT2D eigenvalue weighted by Gasteiger charge is -2.41. The maximum absolute atomic E-state index is 17.2. The quantitative estimate of drug-likeness (QED) is 0.196. The highest BCUT2D eigenvalue weighted by atomic mass is 35.5. The number of ether oxygens (including phenoxy) is 1. The first kappa shape index (κ1) is 33.8. The fraction of sp³-hybridized carbons (Fsp3) is 0.389. The highest BCUT2D eigenvalue weighted by Crippen LogP contribution is 2.47. The molecule has 2 aromatic carbocycles. The number of thiophene rings is 1. The third-order valence-electron chi connectivity index (χ3n) is 11.1. The van der Waals surface area contributed by atoms with Crippen molar-refractivity contribution in [2.75, 3.05) is 48.7 Å². The van der Waals surface area contributed by atoms with Gasteiger partial charge in [-0.05, 0) is 56.0 Å². The van der Waals surface area contributed by atoms with Crippen molar-refractivity contribution in [3.05, 3.63) is 58.9 Å². The number of aromatic nitrogens is 4. The zero-order chi connectivity index (χ0) is 36.6. The molecule has 0 aliphatic carbocycles. The molecule has 0 radical (unpaired) electrons. The van der Waals surface area contributed by atoms with E-state index >= 15 is 4.39 Å². The van der Waals surface area contributed by atoms with Gasteiger partial charge in [-0.1, -0.05) is 17.7 Å². The molecular formula is C36H32ClF3N10O2S. The second-order valence-corrected chi connectivity index (χ2v) is 15.5. The average molecular weight is 761 g/mol. The Bertz CT molecular complexity index is 2330. The lowest BCUT2D eigenvalue weighted by atomic mass is 9.95. The molecule has 3 N–H and O–H groups in total. The number of piperazine rings is 1. The number of urea groups is 1. The first-order chi connectivity index (χ1) is 25.6. The van der Waals surface area contributed by atoms with Gasteiger partial charge < -0.3 is 20.3 Å². The molecule has 4 atom stereocenters. The standard InChI is InChI=1S/C36H32ClF3N10O2S/c37-24-11-22-29(28(40)27(24)21-5-6-25(39)30-26(21)23(13-41)31(42)53-30)45-34(52-17-36-7-1-10-49(36)14-18(38)12-36)46-32(22)48-15-19-3-4-20(16-48)50(19)35(51)47-33-43-8-2-9-44-33/h2,5-6,8-9,11,18-20H,1,3-4,7,10,12,14-17,42H2,(H,43,44,47,51)/t18-,19?,20?,36+/m1/s1. The molecule has 2 amide bonds. The Morgan fingerprint density at radius 1 is 1.17 bits per heavy atom. The van der Waals surface area contributed by atoms with E-state index < -0.39 is 23.3 Å². The Hall–Kier alpha value is -4.98. The van der Waals surface area contributed by atoms with E-state index in [1.54, 1.807) is 29.4 Å². The van der Waals surface area contributed by atoms with E-state index in [-0.39, 0.29) is 79.0 Å². The van der Waals surface area contributed by atoms with Gasteiger partial charge in [-0.25, -0.2) is 27.9 Å². The Kier molecular flexibility index (Phi) is 8.20. The van der Waals surface area contributed by atoms with Crippen LogP contribution in [-0.2, 0) is 0 Å². The number of nitrogen functional groups attached to an aromatic ring is 1. The number of hydrogen-bond donors (Lipinski definition) is 2. The van der Waals surface area contributed by atoms with Crippen LogP contribution in [0.5, 0.6) is 6.01 Å². The molecule has 0 saturated carbocycles. The summed E-state index contributed by atoms with van der Waals surface area (Å²) in [6, 6.07) is 7.05. The zero-order valence-electron chi connectivity index (χ0n) is 28.2. The van der Waals surface area contributed by atoms with Gasteiger partial charge >= 0.3 is 12.0 Å². The van der Waals surface area contributed by atoms with Crippen LogP contribution < -0.4 is 20.7 Å². The predicted octanol–water partition coefficient (Wildman–Crippen LogP) is 6.53. The summed E-state index contributed by atoms with van der Waals surface area (Å²) in [5.74, 6) is -0.827. The Labute approximate surface area is 310 Å². The minimum absolute atomic E-state index is 0.000589. The number of nitrogens with two attached hydrogens (primary N) is 1. The topological polar surface area (TPSA) is 149 Å². The van der Waals surface area contributed by atoms with E-state index in [9.17, 15) is 18.8 Å². The van der Waals surface area contributed by atoms with E-state index in [0.717, 1.165) is 43.6 Å². The summed E-state index contributed by atoms with van der Waals surface area (Å²) in [6.45, 7) is 1.99. The molecule has 9 rings (SSSR count). The SMILES string of the molecule is N#Cc1c(N)sc2c(F)ccc(-c3c(Cl)cc4c(N5CC6CCC(C5)N6C(=O)Nc5ncccn5)nc(OC[C@@]56CCCN5C[C@H](F)C6)nc4c3F)c12. The van der Waals surface area contributed by atoms with Gasteiger partial charge in [-0.2, -0.15) is 15.2 Å². The first-order valence-corrected chi connectivity index (χ1v) is 18.6. The average Bonchev–Trinajstić information content (AvgIpc) is 3.86. The van der Waals surface area contributed by atoms with Gasteiger partial charge in [-0.3, -0.25) is 10.2 Å². The number of halogens is 4. The molecule has 272 valence electrons. The molecule has 5 aromatic rings. The lowest BCUT2D eigenvalue weighted by molar-refractivity contribution is 0.107. The molecule has 4 fully saturated rings. The minimum Gasteiger partial charge on any atom is -0.461 e. The highest BCUT2D eigenvalue weighted by Gasteiger charge is 2.50. The van der Waals surface area contributed by atoms with E-state index in [4.69, 9.17) is 27.1 Å². The van der Waals surface area contributed by atoms with Crippen molar-refractivity contribution in [1.29, 1.82) is 5.26 Å². The molecule has 4 saturated heterocycles. The molecule has 4 aliphatic heterocycles. The summed E-state index contributed by atoms with van der Waals surface area (Å²) in [6.07, 6.45) is 5.61. The number of nitriles is 1. The number of hydrogen-bond acceptors (Lipinski definition) is 11. The van der Waals surface area contributed by atoms with Gasteiger partial charge in [0.15, 0.2) is 5.82 Å². The normalized spacial score (nSPS) is 23.9. The third kappa shape index (κ3) is 5.55. The smallest absolute Gasteiger partial charge is 0.324 e. The van der Waals surface area contributed by atoms with Gasteiger partial charge in [0.25, 0.3) is 0 Å². The van der Waals surface area contributed by atoms with Crippen LogP contribution >= 0.6 is 22.9 Å². The molecule has 4 aliphatic rings. The van der Waals surface area contributed by atoms with Crippen molar-refractivity contribution >= 4 is 66.7 Å². The fourth-order valence-corrected chi connectivity index (χ4v) is 10.0. The summed E-state index contributed by atoms with van der Waals surface area (Å²) < 4.78 is 53.2. The maximum atomic E-state index is 17.2. The van der Waals surface area contributed by atoms with Crippen LogP contribution in [0.3, 0.4) is 0 Å². The summed E-state index contributed by atoms with van der Waals surface area (Å²) in [4.78, 5) is 37.0. The zero-order valence-corrected chi connectivity index (χ0v) is 29.7. The molecule has 17 heteroatoms. The number of nitrogens with zero attached hydrogens (tertiary/aromatic N) is 8. The van der Waals surface area contributed by atoms with Crippen molar-refractivity contribution < 1.29 is 22.7 Å². The number of carbonyl (C=O) groups excluding carboxylic acids is 1. The lowest BCUT2D eigenvalue weighted by Crippen LogP contribution is -2.57. The molecule has 2 unspecified atom stereocenters. The van der Waals surface area contributed by atoms with Crippen molar-refractivity contribution in [2.45, 2.75) is 55.9 Å². The summed E-state index contributed by atoms with van der Waals surface area (Å²) in [7, 11) is 0. The van der Waals surface area contributed by atoms with Crippen LogP contribution in [0, 0.1) is 23.0 Å². The van der Waals surface area contributed by atoms with Gasteiger partial charge in [-0.15, -0.1) is 11.3 Å². The number of nitrogens with one attached hydrogen (secondary N) is 1. The van der Waals surface area contributed by atoms with Crippen LogP contribution in [0.25, 0.3) is 32.1 Å². The van der Waals surface area contributed by atoms with Crippen LogP contribution in [0.4, 0.5) is 34.7 Å². The molecule has 12 nitrogen and oxygen atoms in total. The number of anilines is 3. The minimum atomic E-state index is -0.969. The van der Waals surface area contributed by atoms with E-state index in [1.807, 2.05) is 11.0 Å².